The van der Waals surface area contributed by atoms with E-state index in [2.05, 4.69) is 5.16 Å². The zero-order chi connectivity index (χ0) is 14.2. The van der Waals surface area contributed by atoms with Crippen LogP contribution in [-0.2, 0) is 17.9 Å². The fraction of sp³-hybridized carbons (Fsp3) is 0.188. The molecule has 2 rings (SSSR count). The molecule has 4 nitrogen and oxygen atoms in total. The van der Waals surface area contributed by atoms with Gasteiger partial charge in [0.1, 0.15) is 12.9 Å². The normalized spacial score (nSPS) is 11.2. The summed E-state index contributed by atoms with van der Waals surface area (Å²) < 4.78 is 5.70. The minimum atomic E-state index is 0.0172. The summed E-state index contributed by atoms with van der Waals surface area (Å²) in [5.41, 5.74) is 1.93. The molecular formula is C16H17NO3. The molecule has 2 aromatic carbocycles. The molecule has 0 aliphatic rings. The minimum Gasteiger partial charge on any atom is -0.439 e. The van der Waals surface area contributed by atoms with E-state index >= 15 is 0 Å². The van der Waals surface area contributed by atoms with Crippen molar-refractivity contribution in [1.82, 2.24) is 0 Å². The van der Waals surface area contributed by atoms with Crippen LogP contribution in [0.5, 0.6) is 5.75 Å². The number of rotatable bonds is 5. The smallest absolute Gasteiger partial charge is 0.235 e. The second-order valence-electron chi connectivity index (χ2n) is 4.23. The fourth-order valence-corrected chi connectivity index (χ4v) is 1.76. The van der Waals surface area contributed by atoms with Crippen molar-refractivity contribution >= 4 is 5.90 Å². The van der Waals surface area contributed by atoms with Gasteiger partial charge in [-0.1, -0.05) is 47.6 Å². The first kappa shape index (κ1) is 14.1. The van der Waals surface area contributed by atoms with Gasteiger partial charge in [-0.3, -0.25) is 0 Å². The van der Waals surface area contributed by atoms with Crippen LogP contribution in [0.25, 0.3) is 0 Å². The molecule has 0 atom stereocenters. The van der Waals surface area contributed by atoms with Gasteiger partial charge in [0.2, 0.25) is 5.90 Å². The average Bonchev–Trinajstić information content (AvgIpc) is 2.49. The molecule has 20 heavy (non-hydrogen) atoms. The Morgan fingerprint density at radius 2 is 1.70 bits per heavy atom. The third-order valence-corrected chi connectivity index (χ3v) is 2.73. The molecule has 0 aliphatic carbocycles. The van der Waals surface area contributed by atoms with Crippen LogP contribution in [0.15, 0.2) is 59.8 Å². The molecule has 0 bridgehead atoms. The van der Waals surface area contributed by atoms with Crippen LogP contribution >= 0.6 is 0 Å². The number of ether oxygens (including phenoxy) is 1. The number of benzene rings is 2. The number of nitrogens with zero attached hydrogens (tertiary/aromatic N) is 1. The first-order chi connectivity index (χ1) is 9.81. The Morgan fingerprint density at radius 3 is 2.30 bits per heavy atom. The van der Waals surface area contributed by atoms with Crippen molar-refractivity contribution in [2.75, 3.05) is 7.11 Å². The van der Waals surface area contributed by atoms with Crippen LogP contribution in [0, 0.1) is 0 Å². The highest BCUT2D eigenvalue weighted by Gasteiger charge is 2.06. The number of hydrogen-bond donors (Lipinski definition) is 1. The van der Waals surface area contributed by atoms with Gasteiger partial charge in [-0.25, -0.2) is 0 Å². The lowest BCUT2D eigenvalue weighted by atomic mass is 10.1. The molecule has 0 aromatic heterocycles. The van der Waals surface area contributed by atoms with Gasteiger partial charge in [0.05, 0.1) is 13.0 Å². The molecule has 2 aromatic rings. The highest BCUT2D eigenvalue weighted by Crippen LogP contribution is 2.14. The highest BCUT2D eigenvalue weighted by molar-refractivity contribution is 5.80. The van der Waals surface area contributed by atoms with Gasteiger partial charge in [0, 0.05) is 0 Å². The van der Waals surface area contributed by atoms with Crippen molar-refractivity contribution in [2.24, 2.45) is 5.16 Å². The maximum absolute atomic E-state index is 9.00. The van der Waals surface area contributed by atoms with Gasteiger partial charge in [0.15, 0.2) is 0 Å². The van der Waals surface area contributed by atoms with E-state index in [1.54, 1.807) is 12.1 Å². The summed E-state index contributed by atoms with van der Waals surface area (Å²) in [5.74, 6) is 1.14. The molecule has 104 valence electrons. The van der Waals surface area contributed by atoms with Gasteiger partial charge in [0.25, 0.3) is 0 Å². The molecule has 0 heterocycles. The Bertz CT molecular complexity index is 550. The SMILES string of the molecule is CO/N=C(\Cc1ccccc1)Oc1ccc(CO)cc1. The van der Waals surface area contributed by atoms with Crippen LogP contribution in [0.4, 0.5) is 0 Å². The van der Waals surface area contributed by atoms with Crippen molar-refractivity contribution in [3.8, 4) is 5.75 Å². The van der Waals surface area contributed by atoms with E-state index in [1.807, 2.05) is 42.5 Å². The summed E-state index contributed by atoms with van der Waals surface area (Å²) in [4.78, 5) is 4.82. The van der Waals surface area contributed by atoms with E-state index < -0.39 is 0 Å². The summed E-state index contributed by atoms with van der Waals surface area (Å²) in [6.45, 7) is 0.0172. The third-order valence-electron chi connectivity index (χ3n) is 2.73. The standard InChI is InChI=1S/C16H17NO3/c1-19-17-16(11-13-5-3-2-4-6-13)20-15-9-7-14(12-18)8-10-15/h2-10,18H,11-12H2,1H3/b17-16+. The van der Waals surface area contributed by atoms with E-state index in [9.17, 15) is 0 Å². The molecule has 0 amide bonds. The second-order valence-corrected chi connectivity index (χ2v) is 4.23. The third kappa shape index (κ3) is 4.10. The monoisotopic (exact) mass is 271 g/mol. The van der Waals surface area contributed by atoms with Crippen LogP contribution in [0.1, 0.15) is 11.1 Å². The van der Waals surface area contributed by atoms with Gasteiger partial charge in [-0.2, -0.15) is 0 Å². The summed E-state index contributed by atoms with van der Waals surface area (Å²) in [6.07, 6.45) is 0.552. The molecule has 0 fully saturated rings. The Morgan fingerprint density at radius 1 is 1.00 bits per heavy atom. The van der Waals surface area contributed by atoms with E-state index in [1.165, 1.54) is 7.11 Å². The van der Waals surface area contributed by atoms with Crippen LogP contribution in [-0.4, -0.2) is 18.1 Å². The first-order valence-electron chi connectivity index (χ1n) is 6.33. The molecular weight excluding hydrogens is 254 g/mol. The number of hydrogen-bond acceptors (Lipinski definition) is 4. The van der Waals surface area contributed by atoms with E-state index in [4.69, 9.17) is 14.7 Å². The van der Waals surface area contributed by atoms with Crippen molar-refractivity contribution in [3.63, 3.8) is 0 Å². The predicted octanol–water partition coefficient (Wildman–Crippen LogP) is 2.76. The Balaban J connectivity index is 2.07. The van der Waals surface area contributed by atoms with E-state index in [-0.39, 0.29) is 6.61 Å². The van der Waals surface area contributed by atoms with Crippen LogP contribution in [0.3, 0.4) is 0 Å². The number of aliphatic hydroxyl groups excluding tert-OH is 1. The molecule has 1 N–H and O–H groups in total. The largest absolute Gasteiger partial charge is 0.439 e. The lowest BCUT2D eigenvalue weighted by molar-refractivity contribution is 0.204. The van der Waals surface area contributed by atoms with E-state index in [0.29, 0.717) is 18.1 Å². The molecule has 0 aliphatic heterocycles. The van der Waals surface area contributed by atoms with Crippen molar-refractivity contribution in [3.05, 3.63) is 65.7 Å². The summed E-state index contributed by atoms with van der Waals surface area (Å²) >= 11 is 0. The van der Waals surface area contributed by atoms with Crippen LogP contribution < -0.4 is 4.74 Å². The van der Waals surface area contributed by atoms with Gasteiger partial charge >= 0.3 is 0 Å². The van der Waals surface area contributed by atoms with Crippen molar-refractivity contribution in [1.29, 1.82) is 0 Å². The summed E-state index contributed by atoms with van der Waals surface area (Å²) in [7, 11) is 1.49. The van der Waals surface area contributed by atoms with Gasteiger partial charge in [-0.05, 0) is 23.3 Å². The second kappa shape index (κ2) is 7.31. The molecule has 4 heteroatoms. The molecule has 0 unspecified atom stereocenters. The maximum atomic E-state index is 9.00. The molecule has 0 saturated carbocycles. The minimum absolute atomic E-state index is 0.0172. The van der Waals surface area contributed by atoms with Gasteiger partial charge in [-0.15, -0.1) is 0 Å². The number of oxime groups is 1. The van der Waals surface area contributed by atoms with Crippen molar-refractivity contribution < 1.29 is 14.7 Å². The first-order valence-corrected chi connectivity index (χ1v) is 6.33. The zero-order valence-corrected chi connectivity index (χ0v) is 11.3. The van der Waals surface area contributed by atoms with Crippen molar-refractivity contribution in [2.45, 2.75) is 13.0 Å². The highest BCUT2D eigenvalue weighted by atomic mass is 16.6. The predicted molar refractivity (Wildman–Crippen MR) is 77.6 cm³/mol. The molecule has 0 spiro atoms. The Labute approximate surface area is 118 Å². The summed E-state index contributed by atoms with van der Waals surface area (Å²) in [6, 6.07) is 17.1. The quantitative estimate of drug-likeness (QED) is 0.517. The van der Waals surface area contributed by atoms with Crippen LogP contribution in [0.2, 0.25) is 0 Å². The maximum Gasteiger partial charge on any atom is 0.235 e. The lowest BCUT2D eigenvalue weighted by Gasteiger charge is -2.08. The van der Waals surface area contributed by atoms with E-state index in [0.717, 1.165) is 11.1 Å². The average molecular weight is 271 g/mol. The molecule has 0 radical (unpaired) electrons. The fourth-order valence-electron chi connectivity index (χ4n) is 1.76. The topological polar surface area (TPSA) is 51.0 Å². The molecule has 0 saturated heterocycles. The lowest BCUT2D eigenvalue weighted by Crippen LogP contribution is -2.12. The van der Waals surface area contributed by atoms with Gasteiger partial charge < -0.3 is 14.7 Å². The Kier molecular flexibility index (Phi) is 5.15. The summed E-state index contributed by atoms with van der Waals surface area (Å²) in [5, 5.41) is 12.9. The number of aliphatic hydroxyl groups is 1. The zero-order valence-electron chi connectivity index (χ0n) is 11.3. The Hall–Kier alpha value is -2.33.